The van der Waals surface area contributed by atoms with E-state index in [2.05, 4.69) is 21.3 Å². The van der Waals surface area contributed by atoms with Crippen molar-refractivity contribution < 1.29 is 34.2 Å². The van der Waals surface area contributed by atoms with Gasteiger partial charge in [0.2, 0.25) is 23.6 Å². The Balaban J connectivity index is 2.93. The molecule has 0 bridgehead atoms. The minimum absolute atomic E-state index is 0.0576. The van der Waals surface area contributed by atoms with Crippen LogP contribution in [0.3, 0.4) is 0 Å². The number of aliphatic carboxylic acids is 1. The van der Waals surface area contributed by atoms with Crippen molar-refractivity contribution in [2.75, 3.05) is 6.54 Å². The normalized spacial score (nSPS) is 19.7. The zero-order valence-corrected chi connectivity index (χ0v) is 18.0. The van der Waals surface area contributed by atoms with E-state index >= 15 is 0 Å². The molecule has 1 fully saturated rings. The van der Waals surface area contributed by atoms with Gasteiger partial charge in [0.25, 0.3) is 0 Å². The summed E-state index contributed by atoms with van der Waals surface area (Å²) in [5, 5.41) is 28.9. The van der Waals surface area contributed by atoms with Gasteiger partial charge in [-0.1, -0.05) is 13.8 Å². The third kappa shape index (κ3) is 8.89. The number of aliphatic hydroxyl groups excluding tert-OH is 1. The fraction of sp³-hybridized carbons (Fsp3) is 0.737. The monoisotopic (exact) mass is 443 g/mol. The molecule has 0 saturated carbocycles. The summed E-state index contributed by atoms with van der Waals surface area (Å²) in [5.41, 5.74) is 5.21. The molecular weight excluding hydrogens is 410 g/mol. The maximum atomic E-state index is 12.8. The fourth-order valence-corrected chi connectivity index (χ4v) is 3.21. The number of hydrogen-bond acceptors (Lipinski definition) is 7. The van der Waals surface area contributed by atoms with Crippen LogP contribution in [0.25, 0.3) is 0 Å². The zero-order chi connectivity index (χ0) is 23.7. The third-order valence-corrected chi connectivity index (χ3v) is 4.80. The molecule has 0 spiro atoms. The van der Waals surface area contributed by atoms with Crippen LogP contribution >= 0.6 is 0 Å². The Bertz CT molecular complexity index is 677. The molecule has 176 valence electrons. The molecule has 1 aliphatic rings. The van der Waals surface area contributed by atoms with Gasteiger partial charge in [0.1, 0.15) is 12.1 Å². The quantitative estimate of drug-likeness (QED) is 0.173. The molecule has 12 heteroatoms. The number of carbonyl (C=O) groups excluding carboxylic acids is 4. The summed E-state index contributed by atoms with van der Waals surface area (Å²) in [6.45, 7) is 5.47. The van der Waals surface area contributed by atoms with Crippen molar-refractivity contribution in [1.82, 2.24) is 21.3 Å². The number of hydrogen-bond donors (Lipinski definition) is 7. The Hall–Kier alpha value is -2.73. The van der Waals surface area contributed by atoms with E-state index in [0.29, 0.717) is 13.0 Å². The summed E-state index contributed by atoms with van der Waals surface area (Å²) >= 11 is 0. The van der Waals surface area contributed by atoms with Gasteiger partial charge < -0.3 is 37.2 Å². The van der Waals surface area contributed by atoms with Crippen molar-refractivity contribution in [3.63, 3.8) is 0 Å². The van der Waals surface area contributed by atoms with E-state index in [0.717, 1.165) is 6.42 Å². The highest BCUT2D eigenvalue weighted by Crippen LogP contribution is 2.09. The Morgan fingerprint density at radius 1 is 1.03 bits per heavy atom. The molecule has 5 unspecified atom stereocenters. The van der Waals surface area contributed by atoms with Crippen LogP contribution in [0, 0.1) is 5.92 Å². The fourth-order valence-electron chi connectivity index (χ4n) is 3.21. The topological polar surface area (TPSA) is 200 Å². The van der Waals surface area contributed by atoms with E-state index in [1.807, 2.05) is 0 Å². The van der Waals surface area contributed by atoms with Crippen molar-refractivity contribution >= 4 is 29.6 Å². The summed E-state index contributed by atoms with van der Waals surface area (Å²) in [6, 6.07) is -4.49. The average Bonchev–Trinajstić information content (AvgIpc) is 3.18. The van der Waals surface area contributed by atoms with Crippen molar-refractivity contribution in [1.29, 1.82) is 0 Å². The molecule has 0 aromatic heterocycles. The number of nitrogens with one attached hydrogen (secondary N) is 4. The Morgan fingerprint density at radius 3 is 2.10 bits per heavy atom. The lowest BCUT2D eigenvalue weighted by Gasteiger charge is -2.26. The number of rotatable bonds is 12. The molecule has 12 nitrogen and oxygen atoms in total. The maximum absolute atomic E-state index is 12.8. The smallest absolute Gasteiger partial charge is 0.328 e. The van der Waals surface area contributed by atoms with Crippen molar-refractivity contribution in [3.8, 4) is 0 Å². The number of aliphatic hydroxyl groups is 1. The number of amides is 4. The molecule has 0 radical (unpaired) electrons. The SMILES string of the molecule is CC(C)CC(NC(=O)C(CC(N)=O)NC(=O)C1CCCN1)C(=O)NC(C(=O)O)C(C)O. The number of nitrogens with two attached hydrogens (primary N) is 1. The summed E-state index contributed by atoms with van der Waals surface area (Å²) in [4.78, 5) is 60.4. The highest BCUT2D eigenvalue weighted by atomic mass is 16.4. The number of primary amides is 1. The zero-order valence-electron chi connectivity index (χ0n) is 18.0. The molecule has 0 aromatic carbocycles. The van der Waals surface area contributed by atoms with Crippen LogP contribution in [0.15, 0.2) is 0 Å². The summed E-state index contributed by atoms with van der Waals surface area (Å²) in [5.74, 6) is -4.36. The van der Waals surface area contributed by atoms with Crippen molar-refractivity contribution in [3.05, 3.63) is 0 Å². The molecule has 5 atom stereocenters. The van der Waals surface area contributed by atoms with Crippen LogP contribution in [-0.4, -0.2) is 76.6 Å². The lowest BCUT2D eigenvalue weighted by molar-refractivity contribution is -0.145. The highest BCUT2D eigenvalue weighted by Gasteiger charge is 2.33. The summed E-state index contributed by atoms with van der Waals surface area (Å²) < 4.78 is 0. The van der Waals surface area contributed by atoms with Crippen LogP contribution in [0.4, 0.5) is 0 Å². The van der Waals surface area contributed by atoms with Gasteiger partial charge in [0.05, 0.1) is 18.6 Å². The Labute approximate surface area is 180 Å². The molecule has 0 aromatic rings. The average molecular weight is 444 g/mol. The van der Waals surface area contributed by atoms with Crippen LogP contribution < -0.4 is 27.0 Å². The van der Waals surface area contributed by atoms with Gasteiger partial charge >= 0.3 is 5.97 Å². The van der Waals surface area contributed by atoms with E-state index in [1.54, 1.807) is 13.8 Å². The van der Waals surface area contributed by atoms with Gasteiger partial charge in [-0.3, -0.25) is 19.2 Å². The molecule has 31 heavy (non-hydrogen) atoms. The standard InChI is InChI=1S/C19H33N5O7/c1-9(2)7-12(18(29)24-15(10(3)25)19(30)31)22-17(28)13(8-14(20)26)23-16(27)11-5-4-6-21-11/h9-13,15,21,25H,4-8H2,1-3H3,(H2,20,26)(H,22,28)(H,23,27)(H,24,29)(H,30,31). The van der Waals surface area contributed by atoms with Gasteiger partial charge in [-0.15, -0.1) is 0 Å². The van der Waals surface area contributed by atoms with Crippen LogP contribution in [-0.2, 0) is 24.0 Å². The van der Waals surface area contributed by atoms with Gasteiger partial charge in [0, 0.05) is 0 Å². The lowest BCUT2D eigenvalue weighted by Crippen LogP contribution is -2.58. The van der Waals surface area contributed by atoms with Crippen LogP contribution in [0.1, 0.15) is 46.5 Å². The first-order valence-corrected chi connectivity index (χ1v) is 10.3. The van der Waals surface area contributed by atoms with Gasteiger partial charge in [-0.05, 0) is 38.6 Å². The van der Waals surface area contributed by atoms with E-state index in [-0.39, 0.29) is 12.3 Å². The largest absolute Gasteiger partial charge is 0.480 e. The Morgan fingerprint density at radius 2 is 1.65 bits per heavy atom. The minimum atomic E-state index is -1.56. The molecule has 4 amide bonds. The number of carboxylic acids is 1. The molecule has 1 heterocycles. The molecule has 1 saturated heterocycles. The van der Waals surface area contributed by atoms with E-state index in [1.165, 1.54) is 6.92 Å². The Kier molecular flexibility index (Phi) is 10.4. The second kappa shape index (κ2) is 12.2. The lowest BCUT2D eigenvalue weighted by atomic mass is 10.0. The molecule has 1 aliphatic heterocycles. The second-order valence-corrected chi connectivity index (χ2v) is 8.14. The van der Waals surface area contributed by atoms with E-state index in [4.69, 9.17) is 10.8 Å². The first-order chi connectivity index (χ1) is 14.4. The first kappa shape index (κ1) is 26.3. The first-order valence-electron chi connectivity index (χ1n) is 10.3. The van der Waals surface area contributed by atoms with Gasteiger partial charge in [0.15, 0.2) is 6.04 Å². The predicted octanol–water partition coefficient (Wildman–Crippen LogP) is -2.42. The predicted molar refractivity (Wildman–Crippen MR) is 109 cm³/mol. The van der Waals surface area contributed by atoms with E-state index < -0.39 is 66.3 Å². The second-order valence-electron chi connectivity index (χ2n) is 8.14. The molecule has 8 N–H and O–H groups in total. The number of carbonyl (C=O) groups is 5. The van der Waals surface area contributed by atoms with Crippen molar-refractivity contribution in [2.45, 2.75) is 76.7 Å². The summed E-state index contributed by atoms with van der Waals surface area (Å²) in [6.07, 6.45) is -0.283. The van der Waals surface area contributed by atoms with E-state index in [9.17, 15) is 29.1 Å². The minimum Gasteiger partial charge on any atom is -0.480 e. The molecule has 1 rings (SSSR count). The van der Waals surface area contributed by atoms with Gasteiger partial charge in [-0.2, -0.15) is 0 Å². The highest BCUT2D eigenvalue weighted by molar-refractivity contribution is 5.96. The molecule has 0 aliphatic carbocycles. The van der Waals surface area contributed by atoms with Crippen LogP contribution in [0.5, 0.6) is 0 Å². The van der Waals surface area contributed by atoms with Crippen molar-refractivity contribution in [2.24, 2.45) is 11.7 Å². The summed E-state index contributed by atoms with van der Waals surface area (Å²) in [7, 11) is 0. The van der Waals surface area contributed by atoms with Crippen LogP contribution in [0.2, 0.25) is 0 Å². The molecular formula is C19H33N5O7. The number of carboxylic acid groups (broad SMARTS) is 1. The third-order valence-electron chi connectivity index (χ3n) is 4.80. The van der Waals surface area contributed by atoms with Gasteiger partial charge in [-0.25, -0.2) is 4.79 Å². The maximum Gasteiger partial charge on any atom is 0.328 e.